The lowest BCUT2D eigenvalue weighted by atomic mass is 9.87. The average molecular weight is 448 g/mol. The Morgan fingerprint density at radius 3 is 2.52 bits per heavy atom. The zero-order valence-electron chi connectivity index (χ0n) is 18.9. The van der Waals surface area contributed by atoms with Gasteiger partial charge in [-0.05, 0) is 44.0 Å². The van der Waals surface area contributed by atoms with E-state index in [-0.39, 0.29) is 24.1 Å². The highest BCUT2D eigenvalue weighted by atomic mass is 16.5. The summed E-state index contributed by atoms with van der Waals surface area (Å²) in [6, 6.07) is 14.5. The van der Waals surface area contributed by atoms with Gasteiger partial charge in [-0.2, -0.15) is 0 Å². The van der Waals surface area contributed by atoms with Crippen LogP contribution in [0.15, 0.2) is 48.5 Å². The minimum absolute atomic E-state index is 0.00119. The summed E-state index contributed by atoms with van der Waals surface area (Å²) in [5.41, 5.74) is 1.80. The smallest absolute Gasteiger partial charge is 0.254 e. The number of carbonyl (C=O) groups is 3. The molecule has 0 aliphatic carbocycles. The molecule has 2 aromatic rings. The van der Waals surface area contributed by atoms with Crippen LogP contribution >= 0.6 is 0 Å². The molecule has 3 aliphatic rings. The van der Waals surface area contributed by atoms with Gasteiger partial charge in [0, 0.05) is 38.0 Å². The lowest BCUT2D eigenvalue weighted by Crippen LogP contribution is -2.54. The van der Waals surface area contributed by atoms with Crippen molar-refractivity contribution < 1.29 is 19.1 Å². The molecule has 3 aliphatic heterocycles. The number of ether oxygens (including phenoxy) is 1. The number of anilines is 1. The maximum atomic E-state index is 13.4. The van der Waals surface area contributed by atoms with E-state index in [1.165, 1.54) is 0 Å². The Morgan fingerprint density at radius 2 is 1.76 bits per heavy atom. The number of hydrogen-bond donors (Lipinski definition) is 1. The number of fused-ring (bicyclic) bond motifs is 1. The van der Waals surface area contributed by atoms with Crippen LogP contribution in [0.2, 0.25) is 0 Å². The van der Waals surface area contributed by atoms with Crippen molar-refractivity contribution in [2.45, 2.75) is 50.7 Å². The highest BCUT2D eigenvalue weighted by Gasteiger charge is 2.44. The third-order valence-corrected chi connectivity index (χ3v) is 7.05. The number of benzene rings is 2. The fourth-order valence-electron chi connectivity index (χ4n) is 5.17. The molecular weight excluding hydrogens is 418 g/mol. The van der Waals surface area contributed by atoms with Crippen LogP contribution in [0.3, 0.4) is 0 Å². The van der Waals surface area contributed by atoms with Crippen molar-refractivity contribution >= 4 is 23.4 Å². The summed E-state index contributed by atoms with van der Waals surface area (Å²) in [4.78, 5) is 42.6. The van der Waals surface area contributed by atoms with Gasteiger partial charge in [0.2, 0.25) is 11.8 Å². The Bertz CT molecular complexity index is 1070. The van der Waals surface area contributed by atoms with Crippen molar-refractivity contribution in [3.05, 3.63) is 59.7 Å². The van der Waals surface area contributed by atoms with E-state index in [1.807, 2.05) is 60.4 Å². The molecule has 7 heteroatoms. The third kappa shape index (κ3) is 4.19. The second kappa shape index (κ2) is 8.54. The maximum Gasteiger partial charge on any atom is 0.254 e. The molecule has 0 radical (unpaired) electrons. The Balaban J connectivity index is 1.27. The van der Waals surface area contributed by atoms with Gasteiger partial charge in [0.1, 0.15) is 17.4 Å². The molecule has 0 saturated carbocycles. The summed E-state index contributed by atoms with van der Waals surface area (Å²) in [7, 11) is 0. The van der Waals surface area contributed by atoms with Crippen molar-refractivity contribution in [1.29, 1.82) is 0 Å². The molecule has 33 heavy (non-hydrogen) atoms. The molecule has 3 heterocycles. The van der Waals surface area contributed by atoms with Gasteiger partial charge in [-0.3, -0.25) is 14.4 Å². The topological polar surface area (TPSA) is 79.0 Å². The van der Waals surface area contributed by atoms with E-state index in [9.17, 15) is 14.4 Å². The zero-order valence-corrected chi connectivity index (χ0v) is 18.9. The molecule has 0 aromatic heterocycles. The molecule has 0 bridgehead atoms. The van der Waals surface area contributed by atoms with Crippen LogP contribution in [0.4, 0.5) is 5.69 Å². The first-order chi connectivity index (χ1) is 15.9. The lowest BCUT2D eigenvalue weighted by molar-refractivity contribution is -0.139. The molecule has 7 nitrogen and oxygen atoms in total. The van der Waals surface area contributed by atoms with Crippen LogP contribution in [0.1, 0.15) is 48.0 Å². The number of aryl methyl sites for hydroxylation is 1. The second-order valence-corrected chi connectivity index (χ2v) is 9.35. The summed E-state index contributed by atoms with van der Waals surface area (Å²) < 4.78 is 6.35. The molecule has 2 aromatic carbocycles. The monoisotopic (exact) mass is 447 g/mol. The van der Waals surface area contributed by atoms with Gasteiger partial charge in [0.15, 0.2) is 0 Å². The standard InChI is InChI=1S/C26H29N3O4/c1-18-8-10-19(11-9-18)24(31)29-14-4-6-21(29)25(32)28-15-12-26(13-16-28)17-23(30)27-20-5-2-3-7-22(20)33-26/h2-3,5,7-11,21H,4,6,12-17H2,1H3,(H,27,30). The van der Waals surface area contributed by atoms with Crippen LogP contribution in [0.25, 0.3) is 0 Å². The Labute approximate surface area is 193 Å². The van der Waals surface area contributed by atoms with Crippen LogP contribution in [-0.4, -0.2) is 58.8 Å². The largest absolute Gasteiger partial charge is 0.484 e. The van der Waals surface area contributed by atoms with E-state index in [4.69, 9.17) is 4.74 Å². The first kappa shape index (κ1) is 21.5. The maximum absolute atomic E-state index is 13.4. The first-order valence-electron chi connectivity index (χ1n) is 11.7. The fraction of sp³-hybridized carbons (Fsp3) is 0.423. The van der Waals surface area contributed by atoms with Gasteiger partial charge in [0.25, 0.3) is 5.91 Å². The molecule has 1 atom stereocenters. The number of likely N-dealkylation sites (tertiary alicyclic amines) is 2. The predicted octanol–water partition coefficient (Wildman–Crippen LogP) is 3.38. The second-order valence-electron chi connectivity index (χ2n) is 9.35. The van der Waals surface area contributed by atoms with E-state index in [0.717, 1.165) is 12.0 Å². The van der Waals surface area contributed by atoms with E-state index in [1.54, 1.807) is 4.90 Å². The average Bonchev–Trinajstić information content (AvgIpc) is 3.25. The van der Waals surface area contributed by atoms with Crippen LogP contribution < -0.4 is 10.1 Å². The number of hydrogen-bond acceptors (Lipinski definition) is 4. The zero-order chi connectivity index (χ0) is 23.0. The number of carbonyl (C=O) groups excluding carboxylic acids is 3. The summed E-state index contributed by atoms with van der Waals surface area (Å²) in [5, 5.41) is 2.92. The summed E-state index contributed by atoms with van der Waals surface area (Å²) in [6.45, 7) is 3.61. The molecular formula is C26H29N3O4. The van der Waals surface area contributed by atoms with Gasteiger partial charge >= 0.3 is 0 Å². The summed E-state index contributed by atoms with van der Waals surface area (Å²) in [5.74, 6) is 0.528. The van der Waals surface area contributed by atoms with E-state index >= 15 is 0 Å². The van der Waals surface area contributed by atoms with E-state index < -0.39 is 11.6 Å². The van der Waals surface area contributed by atoms with E-state index in [0.29, 0.717) is 55.9 Å². The Hall–Kier alpha value is -3.35. The summed E-state index contributed by atoms with van der Waals surface area (Å²) >= 11 is 0. The van der Waals surface area contributed by atoms with Gasteiger partial charge < -0.3 is 19.9 Å². The minimum Gasteiger partial charge on any atom is -0.484 e. The molecule has 5 rings (SSSR count). The highest BCUT2D eigenvalue weighted by molar-refractivity contribution is 5.98. The minimum atomic E-state index is -0.611. The third-order valence-electron chi connectivity index (χ3n) is 7.05. The van der Waals surface area contributed by atoms with Crippen molar-refractivity contribution in [1.82, 2.24) is 9.80 Å². The normalized spacial score (nSPS) is 21.7. The van der Waals surface area contributed by atoms with Gasteiger partial charge in [-0.25, -0.2) is 0 Å². The van der Waals surface area contributed by atoms with Crippen LogP contribution in [-0.2, 0) is 9.59 Å². The first-order valence-corrected chi connectivity index (χ1v) is 11.7. The molecule has 1 N–H and O–H groups in total. The molecule has 1 unspecified atom stereocenters. The lowest BCUT2D eigenvalue weighted by Gasteiger charge is -2.42. The Kier molecular flexibility index (Phi) is 5.56. The molecule has 1 spiro atoms. The molecule has 2 saturated heterocycles. The van der Waals surface area contributed by atoms with E-state index in [2.05, 4.69) is 5.32 Å². The van der Waals surface area contributed by atoms with Crippen LogP contribution in [0.5, 0.6) is 5.75 Å². The van der Waals surface area contributed by atoms with Crippen molar-refractivity contribution in [2.24, 2.45) is 0 Å². The SMILES string of the molecule is Cc1ccc(C(=O)N2CCCC2C(=O)N2CCC3(CC2)CC(=O)Nc2ccccc2O3)cc1. The van der Waals surface area contributed by atoms with Crippen molar-refractivity contribution in [2.75, 3.05) is 25.0 Å². The van der Waals surface area contributed by atoms with Crippen LogP contribution in [0, 0.1) is 6.92 Å². The number of nitrogens with zero attached hydrogens (tertiary/aromatic N) is 2. The predicted molar refractivity (Wildman–Crippen MR) is 124 cm³/mol. The van der Waals surface area contributed by atoms with Crippen molar-refractivity contribution in [3.63, 3.8) is 0 Å². The highest BCUT2D eigenvalue weighted by Crippen LogP contribution is 2.38. The number of rotatable bonds is 2. The summed E-state index contributed by atoms with van der Waals surface area (Å²) in [6.07, 6.45) is 2.94. The number of piperidine rings is 1. The molecule has 2 fully saturated rings. The van der Waals surface area contributed by atoms with Gasteiger partial charge in [0.05, 0.1) is 12.1 Å². The molecule has 172 valence electrons. The quantitative estimate of drug-likeness (QED) is 0.766. The number of nitrogens with one attached hydrogen (secondary N) is 1. The fourth-order valence-corrected chi connectivity index (χ4v) is 5.17. The molecule has 3 amide bonds. The van der Waals surface area contributed by atoms with Gasteiger partial charge in [-0.1, -0.05) is 29.8 Å². The number of para-hydroxylation sites is 2. The number of amides is 3. The van der Waals surface area contributed by atoms with Crippen molar-refractivity contribution in [3.8, 4) is 5.75 Å². The Morgan fingerprint density at radius 1 is 1.03 bits per heavy atom. The van der Waals surface area contributed by atoms with Gasteiger partial charge in [-0.15, -0.1) is 0 Å².